The quantitative estimate of drug-likeness (QED) is 0.453. The van der Waals surface area contributed by atoms with Crippen LogP contribution in [0.2, 0.25) is 5.02 Å². The van der Waals surface area contributed by atoms with Gasteiger partial charge in [-0.1, -0.05) is 36.7 Å². The summed E-state index contributed by atoms with van der Waals surface area (Å²) in [4.78, 5) is 28.4. The van der Waals surface area contributed by atoms with Crippen LogP contribution < -0.4 is 10.2 Å². The smallest absolute Gasteiger partial charge is 0.258 e. The Balaban J connectivity index is 1.62. The van der Waals surface area contributed by atoms with E-state index in [0.717, 1.165) is 42.5 Å². The normalized spacial score (nSPS) is 17.8. The molecular formula is C28H29ClN2O2. The summed E-state index contributed by atoms with van der Waals surface area (Å²) in [6, 6.07) is 20.4. The van der Waals surface area contributed by atoms with Gasteiger partial charge in [-0.25, -0.2) is 0 Å². The first kappa shape index (κ1) is 23.1. The number of benzene rings is 3. The van der Waals surface area contributed by atoms with E-state index in [2.05, 4.69) is 19.2 Å². The molecule has 0 saturated carbocycles. The van der Waals surface area contributed by atoms with Gasteiger partial charge in [0.2, 0.25) is 0 Å². The number of anilines is 2. The first-order valence-corrected chi connectivity index (χ1v) is 11.8. The molecule has 3 aromatic rings. The van der Waals surface area contributed by atoms with E-state index in [-0.39, 0.29) is 17.4 Å². The van der Waals surface area contributed by atoms with Gasteiger partial charge in [-0.2, -0.15) is 0 Å². The van der Waals surface area contributed by atoms with Crippen LogP contribution in [-0.4, -0.2) is 17.4 Å². The maximum absolute atomic E-state index is 13.8. The Kier molecular flexibility index (Phi) is 6.57. The minimum absolute atomic E-state index is 0.0402. The molecule has 0 radical (unpaired) electrons. The van der Waals surface area contributed by atoms with Gasteiger partial charge in [0.1, 0.15) is 0 Å². The fourth-order valence-electron chi connectivity index (χ4n) is 4.58. The summed E-state index contributed by atoms with van der Waals surface area (Å²) in [7, 11) is 0. The molecule has 1 atom stereocenters. The van der Waals surface area contributed by atoms with E-state index in [1.165, 1.54) is 0 Å². The van der Waals surface area contributed by atoms with Gasteiger partial charge in [0, 0.05) is 33.1 Å². The average Bonchev–Trinajstić information content (AvgIpc) is 2.95. The summed E-state index contributed by atoms with van der Waals surface area (Å²) in [5.41, 5.74) is 4.55. The summed E-state index contributed by atoms with van der Waals surface area (Å²) in [6.07, 6.45) is 3.68. The Morgan fingerprint density at radius 2 is 1.79 bits per heavy atom. The van der Waals surface area contributed by atoms with Crippen molar-refractivity contribution in [2.45, 2.75) is 52.0 Å². The molecule has 1 heterocycles. The van der Waals surface area contributed by atoms with Crippen molar-refractivity contribution in [1.82, 2.24) is 0 Å². The highest BCUT2D eigenvalue weighted by atomic mass is 35.5. The number of nitrogens with one attached hydrogen (secondary N) is 1. The van der Waals surface area contributed by atoms with E-state index in [1.54, 1.807) is 30.3 Å². The van der Waals surface area contributed by atoms with Gasteiger partial charge in [-0.05, 0) is 99.2 Å². The zero-order valence-electron chi connectivity index (χ0n) is 19.3. The number of nitrogens with zero attached hydrogens (tertiary/aromatic N) is 1. The van der Waals surface area contributed by atoms with Gasteiger partial charge < -0.3 is 10.2 Å². The lowest BCUT2D eigenvalue weighted by molar-refractivity contribution is 0.0953. The summed E-state index contributed by atoms with van der Waals surface area (Å²) in [5.74, 6) is -0.203. The molecule has 2 amide bonds. The van der Waals surface area contributed by atoms with E-state index >= 15 is 0 Å². The molecule has 4 rings (SSSR count). The third-order valence-corrected chi connectivity index (χ3v) is 6.96. The molecule has 4 nitrogen and oxygen atoms in total. The second kappa shape index (κ2) is 9.40. The topological polar surface area (TPSA) is 49.4 Å². The molecule has 1 aliphatic heterocycles. The lowest BCUT2D eigenvalue weighted by Crippen LogP contribution is -2.49. The molecule has 1 N–H and O–H groups in total. The Hall–Kier alpha value is -3.11. The zero-order chi connectivity index (χ0) is 23.6. The Bertz CT molecular complexity index is 1190. The fourth-order valence-corrected chi connectivity index (χ4v) is 4.77. The number of amides is 2. The number of hydrogen-bond donors (Lipinski definition) is 1. The Morgan fingerprint density at radius 1 is 1.06 bits per heavy atom. The molecule has 5 heteroatoms. The van der Waals surface area contributed by atoms with Gasteiger partial charge in [-0.3, -0.25) is 9.59 Å². The number of hydrogen-bond acceptors (Lipinski definition) is 2. The highest BCUT2D eigenvalue weighted by Crippen LogP contribution is 2.39. The first-order chi connectivity index (χ1) is 15.8. The van der Waals surface area contributed by atoms with Crippen LogP contribution in [0.15, 0.2) is 66.7 Å². The maximum atomic E-state index is 13.8. The lowest BCUT2D eigenvalue weighted by atomic mass is 9.90. The molecule has 3 aromatic carbocycles. The van der Waals surface area contributed by atoms with E-state index in [4.69, 9.17) is 11.6 Å². The van der Waals surface area contributed by atoms with Crippen molar-refractivity contribution in [1.29, 1.82) is 0 Å². The van der Waals surface area contributed by atoms with Crippen LogP contribution in [0.25, 0.3) is 0 Å². The van der Waals surface area contributed by atoms with Crippen LogP contribution in [0.4, 0.5) is 11.4 Å². The van der Waals surface area contributed by atoms with Crippen LogP contribution in [0.5, 0.6) is 0 Å². The van der Waals surface area contributed by atoms with Gasteiger partial charge in [0.05, 0.1) is 0 Å². The number of carbonyl (C=O) groups excluding carboxylic acids is 2. The second-order valence-corrected chi connectivity index (χ2v) is 9.40. The van der Waals surface area contributed by atoms with E-state index in [0.29, 0.717) is 21.8 Å². The molecule has 1 aliphatic rings. The predicted molar refractivity (Wildman–Crippen MR) is 135 cm³/mol. The third-order valence-electron chi connectivity index (χ3n) is 6.73. The molecular weight excluding hydrogens is 432 g/mol. The molecule has 33 heavy (non-hydrogen) atoms. The highest BCUT2D eigenvalue weighted by Gasteiger charge is 2.38. The third kappa shape index (κ3) is 4.67. The molecule has 0 spiro atoms. The summed E-state index contributed by atoms with van der Waals surface area (Å²) in [5, 5.41) is 3.62. The number of halogens is 1. The van der Waals surface area contributed by atoms with E-state index in [9.17, 15) is 9.59 Å². The number of rotatable bonds is 4. The van der Waals surface area contributed by atoms with Gasteiger partial charge in [0.25, 0.3) is 11.8 Å². The van der Waals surface area contributed by atoms with Crippen LogP contribution in [0.3, 0.4) is 0 Å². The molecule has 0 aliphatic carbocycles. The molecule has 1 unspecified atom stereocenters. The lowest BCUT2D eigenvalue weighted by Gasteiger charge is -2.40. The highest BCUT2D eigenvalue weighted by molar-refractivity contribution is 6.30. The minimum atomic E-state index is -0.284. The molecule has 0 aromatic heterocycles. The number of carbonyl (C=O) groups is 2. The first-order valence-electron chi connectivity index (χ1n) is 11.4. The van der Waals surface area contributed by atoms with Crippen molar-refractivity contribution >= 4 is 34.8 Å². The Labute approximate surface area is 200 Å². The molecule has 0 saturated heterocycles. The monoisotopic (exact) mass is 460 g/mol. The van der Waals surface area contributed by atoms with Crippen molar-refractivity contribution in [2.75, 3.05) is 10.2 Å². The van der Waals surface area contributed by atoms with E-state index in [1.807, 2.05) is 48.2 Å². The molecule has 0 fully saturated rings. The minimum Gasteiger partial charge on any atom is -0.322 e. The summed E-state index contributed by atoms with van der Waals surface area (Å²) >= 11 is 6.25. The van der Waals surface area contributed by atoms with Crippen molar-refractivity contribution in [3.05, 3.63) is 94.0 Å². The Morgan fingerprint density at radius 3 is 2.48 bits per heavy atom. The van der Waals surface area contributed by atoms with Crippen molar-refractivity contribution in [3.63, 3.8) is 0 Å². The van der Waals surface area contributed by atoms with Crippen molar-refractivity contribution in [3.8, 4) is 0 Å². The van der Waals surface area contributed by atoms with E-state index < -0.39 is 0 Å². The summed E-state index contributed by atoms with van der Waals surface area (Å²) < 4.78 is 0. The van der Waals surface area contributed by atoms with Gasteiger partial charge in [0.15, 0.2) is 0 Å². The van der Waals surface area contributed by atoms with Crippen LogP contribution in [0.1, 0.15) is 65.0 Å². The standard InChI is InChI=1S/C28H29ClN2O2/c1-4-28(3)17-7-9-21-18-22(29)13-16-25(21)31(28)27(33)20-11-14-23(15-12-20)30-26(32)24-10-6-5-8-19(24)2/h5-6,8,10-16,18H,4,7,9,17H2,1-3H3,(H,30,32). The van der Waals surface area contributed by atoms with Crippen LogP contribution in [0, 0.1) is 6.92 Å². The van der Waals surface area contributed by atoms with Crippen LogP contribution in [-0.2, 0) is 6.42 Å². The molecule has 0 bridgehead atoms. The van der Waals surface area contributed by atoms with Crippen molar-refractivity contribution in [2.24, 2.45) is 0 Å². The number of aryl methyl sites for hydroxylation is 2. The largest absolute Gasteiger partial charge is 0.322 e. The van der Waals surface area contributed by atoms with Crippen molar-refractivity contribution < 1.29 is 9.59 Å². The SMILES string of the molecule is CCC1(C)CCCc2cc(Cl)ccc2N1C(=O)c1ccc(NC(=O)c2ccccc2C)cc1. The summed E-state index contributed by atoms with van der Waals surface area (Å²) in [6.45, 7) is 6.20. The predicted octanol–water partition coefficient (Wildman–Crippen LogP) is 7.05. The zero-order valence-corrected chi connectivity index (χ0v) is 20.1. The van der Waals surface area contributed by atoms with Crippen LogP contribution >= 0.6 is 11.6 Å². The fraction of sp³-hybridized carbons (Fsp3) is 0.286. The second-order valence-electron chi connectivity index (χ2n) is 8.96. The average molecular weight is 461 g/mol. The van der Waals surface area contributed by atoms with Gasteiger partial charge in [-0.15, -0.1) is 0 Å². The maximum Gasteiger partial charge on any atom is 0.258 e. The number of fused-ring (bicyclic) bond motifs is 1. The van der Waals surface area contributed by atoms with Gasteiger partial charge >= 0.3 is 0 Å². The molecule has 170 valence electrons.